The van der Waals surface area contributed by atoms with E-state index in [1.807, 2.05) is 0 Å². The van der Waals surface area contributed by atoms with Gasteiger partial charge in [0.1, 0.15) is 17.2 Å². The van der Waals surface area contributed by atoms with Crippen molar-refractivity contribution in [2.24, 2.45) is 0 Å². The van der Waals surface area contributed by atoms with E-state index in [0.717, 1.165) is 9.96 Å². The highest BCUT2D eigenvalue weighted by molar-refractivity contribution is 5.83. The summed E-state index contributed by atoms with van der Waals surface area (Å²) in [5.41, 5.74) is -1.19. The maximum Gasteiger partial charge on any atom is 0.435 e. The van der Waals surface area contributed by atoms with Crippen LogP contribution < -0.4 is 0 Å². The first-order chi connectivity index (χ1) is 14.2. The number of amides is 2. The quantitative estimate of drug-likeness (QED) is 0.473. The highest BCUT2D eigenvalue weighted by atomic mass is 16.7. The van der Waals surface area contributed by atoms with Gasteiger partial charge >= 0.3 is 18.2 Å². The smallest absolute Gasteiger partial charge is 0.435 e. The van der Waals surface area contributed by atoms with E-state index >= 15 is 0 Å². The third-order valence-electron chi connectivity index (χ3n) is 3.89. The van der Waals surface area contributed by atoms with Crippen LogP contribution in [0.15, 0.2) is 24.3 Å². The van der Waals surface area contributed by atoms with E-state index in [1.165, 1.54) is 19.3 Å². The normalized spacial score (nSPS) is 19.3. The minimum Gasteiger partial charge on any atom is -0.479 e. The van der Waals surface area contributed by atoms with Gasteiger partial charge in [0, 0.05) is 7.11 Å². The fraction of sp³-hybridized carbons (Fsp3) is 0.667. The van der Waals surface area contributed by atoms with Gasteiger partial charge in [0.15, 0.2) is 6.04 Å². The van der Waals surface area contributed by atoms with Crippen molar-refractivity contribution in [2.45, 2.75) is 64.8 Å². The van der Waals surface area contributed by atoms with Crippen LogP contribution in [0.1, 0.15) is 41.5 Å². The molecule has 1 N–H and O–H groups in total. The van der Waals surface area contributed by atoms with Crippen LogP contribution in [0, 0.1) is 0 Å². The molecule has 0 aromatic carbocycles. The van der Waals surface area contributed by atoms with Crippen molar-refractivity contribution in [3.8, 4) is 0 Å². The Bertz CT molecular complexity index is 705. The topological polar surface area (TPSA) is 115 Å². The van der Waals surface area contributed by atoms with Gasteiger partial charge in [-0.1, -0.05) is 6.08 Å². The Labute approximate surface area is 183 Å². The standard InChI is InChI=1S/C21H34N2O8/c1-9-10-29-23(19(27)31-21(5,6)7)16-12-22(18(26)30-20(2,3)4)15(17(24)25)11-14(16)13-28-8/h9,11,15-16H,1,10,12-13H2,2-8H3,(H,24,25)/t15-,16-/m0/s1. The van der Waals surface area contributed by atoms with Crippen molar-refractivity contribution < 1.29 is 38.5 Å². The van der Waals surface area contributed by atoms with Gasteiger partial charge in [-0.2, -0.15) is 5.06 Å². The highest BCUT2D eigenvalue weighted by Crippen LogP contribution is 2.26. The molecule has 0 spiro atoms. The summed E-state index contributed by atoms with van der Waals surface area (Å²) < 4.78 is 16.0. The number of carboxylic acids is 1. The van der Waals surface area contributed by atoms with E-state index in [4.69, 9.17) is 19.0 Å². The van der Waals surface area contributed by atoms with Crippen molar-refractivity contribution in [3.63, 3.8) is 0 Å². The molecule has 0 aliphatic carbocycles. The van der Waals surface area contributed by atoms with Crippen LogP contribution in [-0.4, -0.2) is 83.4 Å². The van der Waals surface area contributed by atoms with Crippen LogP contribution in [0.4, 0.5) is 9.59 Å². The second-order valence-electron chi connectivity index (χ2n) is 9.00. The maximum atomic E-state index is 12.9. The molecule has 0 fully saturated rings. The number of hydroxylamine groups is 2. The molecular weight excluding hydrogens is 408 g/mol. The van der Waals surface area contributed by atoms with Crippen LogP contribution >= 0.6 is 0 Å². The third kappa shape index (κ3) is 8.22. The Hall–Kier alpha value is -2.59. The average Bonchev–Trinajstić information content (AvgIpc) is 2.59. The second-order valence-corrected chi connectivity index (χ2v) is 9.00. The summed E-state index contributed by atoms with van der Waals surface area (Å²) in [5.74, 6) is -1.24. The Kier molecular flexibility index (Phi) is 9.07. The van der Waals surface area contributed by atoms with E-state index in [1.54, 1.807) is 41.5 Å². The zero-order valence-corrected chi connectivity index (χ0v) is 19.3. The fourth-order valence-electron chi connectivity index (χ4n) is 2.78. The van der Waals surface area contributed by atoms with Gasteiger partial charge in [0.05, 0.1) is 19.8 Å². The van der Waals surface area contributed by atoms with E-state index in [0.29, 0.717) is 5.57 Å². The minimum absolute atomic E-state index is 0.00913. The lowest BCUT2D eigenvalue weighted by Gasteiger charge is -2.41. The van der Waals surface area contributed by atoms with Gasteiger partial charge in [-0.25, -0.2) is 14.4 Å². The molecule has 10 heteroatoms. The van der Waals surface area contributed by atoms with Gasteiger partial charge in [-0.05, 0) is 53.2 Å². The first-order valence-corrected chi connectivity index (χ1v) is 9.88. The van der Waals surface area contributed by atoms with E-state index in [2.05, 4.69) is 6.58 Å². The minimum atomic E-state index is -1.30. The monoisotopic (exact) mass is 442 g/mol. The Balaban J connectivity index is 3.40. The van der Waals surface area contributed by atoms with Gasteiger partial charge in [-0.3, -0.25) is 9.74 Å². The number of hydrogen-bond donors (Lipinski definition) is 1. The number of hydrogen-bond acceptors (Lipinski definition) is 7. The number of carboxylic acid groups (broad SMARTS) is 1. The Morgan fingerprint density at radius 3 is 2.23 bits per heavy atom. The summed E-state index contributed by atoms with van der Waals surface area (Å²) >= 11 is 0. The molecule has 1 heterocycles. The summed E-state index contributed by atoms with van der Waals surface area (Å²) in [7, 11) is 1.44. The summed E-state index contributed by atoms with van der Waals surface area (Å²) in [4.78, 5) is 44.1. The van der Waals surface area contributed by atoms with E-state index in [-0.39, 0.29) is 19.8 Å². The molecule has 1 aliphatic heterocycles. The largest absolute Gasteiger partial charge is 0.479 e. The zero-order chi connectivity index (χ0) is 24.0. The Morgan fingerprint density at radius 1 is 1.19 bits per heavy atom. The number of carbonyl (C=O) groups excluding carboxylic acids is 2. The van der Waals surface area contributed by atoms with E-state index in [9.17, 15) is 19.5 Å². The molecule has 0 bridgehead atoms. The van der Waals surface area contributed by atoms with Crippen LogP contribution in [0.25, 0.3) is 0 Å². The molecule has 0 aromatic heterocycles. The first-order valence-electron chi connectivity index (χ1n) is 9.88. The number of ether oxygens (including phenoxy) is 3. The molecule has 0 saturated carbocycles. The summed E-state index contributed by atoms with van der Waals surface area (Å²) in [6.07, 6.45) is 1.19. The van der Waals surface area contributed by atoms with Crippen molar-refractivity contribution >= 4 is 18.2 Å². The highest BCUT2D eigenvalue weighted by Gasteiger charge is 2.43. The molecule has 0 aromatic rings. The summed E-state index contributed by atoms with van der Waals surface area (Å²) in [5, 5.41) is 10.7. The lowest BCUT2D eigenvalue weighted by Crippen LogP contribution is -2.58. The van der Waals surface area contributed by atoms with Gasteiger partial charge in [0.25, 0.3) is 0 Å². The SMILES string of the molecule is C=CCON(C(=O)OC(C)(C)C)[C@H]1CN(C(=O)OC(C)(C)C)[C@H](C(=O)O)C=C1COC. The fourth-order valence-corrected chi connectivity index (χ4v) is 2.78. The number of carbonyl (C=O) groups is 3. The summed E-state index contributed by atoms with van der Waals surface area (Å²) in [6.45, 7) is 13.5. The lowest BCUT2D eigenvalue weighted by molar-refractivity contribution is -0.163. The molecule has 31 heavy (non-hydrogen) atoms. The van der Waals surface area contributed by atoms with Crippen LogP contribution in [0.2, 0.25) is 0 Å². The number of nitrogens with zero attached hydrogens (tertiary/aromatic N) is 2. The van der Waals surface area contributed by atoms with Crippen LogP contribution in [0.3, 0.4) is 0 Å². The van der Waals surface area contributed by atoms with Crippen molar-refractivity contribution in [1.29, 1.82) is 0 Å². The Morgan fingerprint density at radius 2 is 1.77 bits per heavy atom. The molecule has 2 amide bonds. The van der Waals surface area contributed by atoms with E-state index < -0.39 is 41.4 Å². The molecule has 1 rings (SSSR count). The number of methoxy groups -OCH3 is 1. The zero-order valence-electron chi connectivity index (χ0n) is 19.3. The predicted octanol–water partition coefficient (Wildman–Crippen LogP) is 2.99. The number of aliphatic carboxylic acids is 1. The number of rotatable bonds is 7. The molecular formula is C21H34N2O8. The van der Waals surface area contributed by atoms with Crippen molar-refractivity contribution in [2.75, 3.05) is 26.9 Å². The molecule has 2 atom stereocenters. The average molecular weight is 443 g/mol. The predicted molar refractivity (Wildman–Crippen MR) is 112 cm³/mol. The van der Waals surface area contributed by atoms with Crippen LogP contribution in [0.5, 0.6) is 0 Å². The molecule has 0 saturated heterocycles. The van der Waals surface area contributed by atoms with Gasteiger partial charge in [-0.15, -0.1) is 6.58 Å². The lowest BCUT2D eigenvalue weighted by atomic mass is 9.98. The maximum absolute atomic E-state index is 12.9. The molecule has 10 nitrogen and oxygen atoms in total. The first kappa shape index (κ1) is 26.4. The second kappa shape index (κ2) is 10.6. The molecule has 0 radical (unpaired) electrons. The van der Waals surface area contributed by atoms with Crippen molar-refractivity contribution in [3.05, 3.63) is 24.3 Å². The summed E-state index contributed by atoms with van der Waals surface area (Å²) in [6, 6.07) is -2.16. The third-order valence-corrected chi connectivity index (χ3v) is 3.89. The van der Waals surface area contributed by atoms with Crippen molar-refractivity contribution in [1.82, 2.24) is 9.96 Å². The molecule has 1 aliphatic rings. The van der Waals surface area contributed by atoms with Gasteiger partial charge in [0.2, 0.25) is 0 Å². The molecule has 0 unspecified atom stereocenters. The van der Waals surface area contributed by atoms with Gasteiger partial charge < -0.3 is 19.3 Å². The van der Waals surface area contributed by atoms with Crippen LogP contribution in [-0.2, 0) is 23.8 Å². The molecule has 176 valence electrons.